The number of aromatic nitrogens is 2. The molecule has 7 heteroatoms. The van der Waals surface area contributed by atoms with Crippen molar-refractivity contribution in [3.05, 3.63) is 78.1 Å². The lowest BCUT2D eigenvalue weighted by atomic mass is 10.0. The summed E-state index contributed by atoms with van der Waals surface area (Å²) < 4.78 is 6.06. The Morgan fingerprint density at radius 1 is 0.919 bits per heavy atom. The second kappa shape index (κ2) is 8.83. The van der Waals surface area contributed by atoms with E-state index in [0.717, 1.165) is 65.5 Å². The first kappa shape index (κ1) is 22.2. The number of carbonyl (C=O) groups excluding carboxylic acids is 1. The summed E-state index contributed by atoms with van der Waals surface area (Å²) in [4.78, 5) is 28.0. The van der Waals surface area contributed by atoms with E-state index in [9.17, 15) is 4.79 Å². The number of carbonyl (C=O) groups is 1. The molecule has 7 nitrogen and oxygen atoms in total. The Kier molecular flexibility index (Phi) is 5.30. The summed E-state index contributed by atoms with van der Waals surface area (Å²) in [6, 6.07) is 23.4. The summed E-state index contributed by atoms with van der Waals surface area (Å²) in [6.07, 6.45) is 0. The van der Waals surface area contributed by atoms with Gasteiger partial charge in [-0.3, -0.25) is 0 Å². The number of hydrogen-bond donors (Lipinski definition) is 1. The number of rotatable bonds is 2. The van der Waals surface area contributed by atoms with Crippen LogP contribution in [0.3, 0.4) is 0 Å². The molecule has 3 aromatic carbocycles. The lowest BCUT2D eigenvalue weighted by Crippen LogP contribution is -2.43. The zero-order valence-corrected chi connectivity index (χ0v) is 21.1. The molecule has 0 radical (unpaired) electrons. The highest BCUT2D eigenvalue weighted by molar-refractivity contribution is 5.82. The van der Waals surface area contributed by atoms with E-state index >= 15 is 0 Å². The molecule has 0 bridgehead atoms. The van der Waals surface area contributed by atoms with Gasteiger partial charge >= 0.3 is 6.03 Å². The quantitative estimate of drug-likeness (QED) is 0.431. The van der Waals surface area contributed by atoms with E-state index in [1.165, 1.54) is 5.69 Å². The van der Waals surface area contributed by atoms with Crippen molar-refractivity contribution in [2.45, 2.75) is 13.5 Å². The number of benzene rings is 3. The lowest BCUT2D eigenvalue weighted by Gasteiger charge is -2.28. The maximum Gasteiger partial charge on any atom is 0.320 e. The molecule has 1 aromatic heterocycles. The van der Waals surface area contributed by atoms with Crippen LogP contribution in [0, 0.1) is 18.8 Å². The lowest BCUT2D eigenvalue weighted by molar-refractivity contribution is 0.152. The van der Waals surface area contributed by atoms with Gasteiger partial charge in [0.2, 0.25) is 0 Å². The summed E-state index contributed by atoms with van der Waals surface area (Å²) in [7, 11) is 0. The van der Waals surface area contributed by atoms with Crippen LogP contribution in [0.2, 0.25) is 0 Å². The molecule has 7 rings (SSSR count). The Morgan fingerprint density at radius 3 is 2.49 bits per heavy atom. The van der Waals surface area contributed by atoms with Crippen molar-refractivity contribution >= 4 is 22.8 Å². The second-order valence-electron chi connectivity index (χ2n) is 10.6. The molecule has 188 valence electrons. The van der Waals surface area contributed by atoms with Gasteiger partial charge in [0.15, 0.2) is 0 Å². The Labute approximate surface area is 216 Å². The highest BCUT2D eigenvalue weighted by Gasteiger charge is 2.42. The van der Waals surface area contributed by atoms with Crippen molar-refractivity contribution in [3.63, 3.8) is 0 Å². The molecule has 37 heavy (non-hydrogen) atoms. The van der Waals surface area contributed by atoms with E-state index in [-0.39, 0.29) is 6.03 Å². The molecule has 0 aliphatic carbocycles. The van der Waals surface area contributed by atoms with E-state index < -0.39 is 0 Å². The van der Waals surface area contributed by atoms with Crippen LogP contribution in [0.5, 0.6) is 5.75 Å². The summed E-state index contributed by atoms with van der Waals surface area (Å²) in [6.45, 7) is 7.36. The molecule has 1 N–H and O–H groups in total. The number of ether oxygens (including phenoxy) is 1. The molecule has 3 aliphatic heterocycles. The zero-order chi connectivity index (χ0) is 24.9. The number of H-pyrrole nitrogens is 1. The number of hydrogen-bond acceptors (Lipinski definition) is 4. The minimum absolute atomic E-state index is 0.136. The summed E-state index contributed by atoms with van der Waals surface area (Å²) in [5.41, 5.74) is 6.58. The summed E-state index contributed by atoms with van der Waals surface area (Å²) >= 11 is 0. The number of aromatic amines is 1. The fourth-order valence-corrected chi connectivity index (χ4v) is 6.25. The Bertz CT molecular complexity index is 1450. The zero-order valence-electron chi connectivity index (χ0n) is 21.1. The van der Waals surface area contributed by atoms with Crippen molar-refractivity contribution in [2.24, 2.45) is 11.8 Å². The Morgan fingerprint density at radius 2 is 1.68 bits per heavy atom. The third kappa shape index (κ3) is 4.08. The smallest absolute Gasteiger partial charge is 0.320 e. The highest BCUT2D eigenvalue weighted by Crippen LogP contribution is 2.35. The maximum absolute atomic E-state index is 13.6. The number of para-hydroxylation sites is 1. The monoisotopic (exact) mass is 493 g/mol. The van der Waals surface area contributed by atoms with E-state index in [4.69, 9.17) is 4.74 Å². The molecule has 4 aromatic rings. The third-order valence-electron chi connectivity index (χ3n) is 8.12. The van der Waals surface area contributed by atoms with E-state index in [0.29, 0.717) is 31.5 Å². The number of likely N-dealkylation sites (tertiary alicyclic amines) is 1. The van der Waals surface area contributed by atoms with Crippen LogP contribution in [-0.2, 0) is 6.54 Å². The van der Waals surface area contributed by atoms with Crippen molar-refractivity contribution in [1.29, 1.82) is 0 Å². The van der Waals surface area contributed by atoms with Crippen LogP contribution in [0.15, 0.2) is 66.7 Å². The van der Waals surface area contributed by atoms with Gasteiger partial charge in [-0.15, -0.1) is 0 Å². The number of amides is 2. The average molecular weight is 494 g/mol. The predicted molar refractivity (Wildman–Crippen MR) is 145 cm³/mol. The van der Waals surface area contributed by atoms with Crippen LogP contribution in [-0.4, -0.2) is 65.1 Å². The number of imidazole rings is 1. The fraction of sp³-hybridized carbons (Fsp3) is 0.333. The number of aryl methyl sites for hydroxylation is 1. The van der Waals surface area contributed by atoms with Crippen LogP contribution in [0.25, 0.3) is 22.2 Å². The number of fused-ring (bicyclic) bond motifs is 3. The number of nitrogens with one attached hydrogen (secondary N) is 1. The van der Waals surface area contributed by atoms with E-state index in [2.05, 4.69) is 80.4 Å². The molecular weight excluding hydrogens is 462 g/mol. The molecule has 2 unspecified atom stereocenters. The SMILES string of the molecule is Cc1nc2ccc(-c3ccc4c(c3)CN(C(=O)N3CC5CN(c6ccccc6)CC5C3)CCO4)cc2[nH]1. The average Bonchev–Trinajstić information content (AvgIpc) is 3.56. The third-order valence-corrected chi connectivity index (χ3v) is 8.12. The molecule has 0 saturated carbocycles. The van der Waals surface area contributed by atoms with Gasteiger partial charge in [0.05, 0.1) is 24.1 Å². The second-order valence-corrected chi connectivity index (χ2v) is 10.6. The van der Waals surface area contributed by atoms with Gasteiger partial charge < -0.3 is 24.4 Å². The predicted octanol–water partition coefficient (Wildman–Crippen LogP) is 4.92. The van der Waals surface area contributed by atoms with Crippen molar-refractivity contribution < 1.29 is 9.53 Å². The van der Waals surface area contributed by atoms with Crippen molar-refractivity contribution in [2.75, 3.05) is 44.2 Å². The molecule has 3 aliphatic rings. The number of urea groups is 1. The van der Waals surface area contributed by atoms with Gasteiger partial charge in [0.25, 0.3) is 0 Å². The molecular formula is C30H31N5O2. The van der Waals surface area contributed by atoms with E-state index in [1.54, 1.807) is 0 Å². The maximum atomic E-state index is 13.6. The first-order chi connectivity index (χ1) is 18.1. The molecule has 2 fully saturated rings. The number of nitrogens with zero attached hydrogens (tertiary/aromatic N) is 4. The van der Waals surface area contributed by atoms with Crippen LogP contribution >= 0.6 is 0 Å². The van der Waals surface area contributed by atoms with Crippen LogP contribution in [0.4, 0.5) is 10.5 Å². The molecule has 0 spiro atoms. The fourth-order valence-electron chi connectivity index (χ4n) is 6.25. The number of anilines is 1. The molecule has 2 atom stereocenters. The van der Waals surface area contributed by atoms with Crippen LogP contribution in [0.1, 0.15) is 11.4 Å². The molecule has 2 saturated heterocycles. The van der Waals surface area contributed by atoms with E-state index in [1.807, 2.05) is 17.9 Å². The highest BCUT2D eigenvalue weighted by atomic mass is 16.5. The Hall–Kier alpha value is -4.00. The Balaban J connectivity index is 1.06. The van der Waals surface area contributed by atoms with Crippen molar-refractivity contribution in [1.82, 2.24) is 19.8 Å². The minimum Gasteiger partial charge on any atom is -0.491 e. The van der Waals surface area contributed by atoms with Crippen molar-refractivity contribution in [3.8, 4) is 16.9 Å². The van der Waals surface area contributed by atoms with Gasteiger partial charge in [-0.2, -0.15) is 0 Å². The summed E-state index contributed by atoms with van der Waals surface area (Å²) in [5, 5.41) is 0. The van der Waals surface area contributed by atoms with Gasteiger partial charge in [0.1, 0.15) is 18.2 Å². The van der Waals surface area contributed by atoms with Crippen LogP contribution < -0.4 is 9.64 Å². The largest absolute Gasteiger partial charge is 0.491 e. The molecule has 4 heterocycles. The summed E-state index contributed by atoms with van der Waals surface area (Å²) in [5.74, 6) is 2.85. The van der Waals surface area contributed by atoms with Gasteiger partial charge in [-0.05, 0) is 54.4 Å². The normalized spacial score (nSPS) is 21.1. The molecule has 2 amide bonds. The minimum atomic E-state index is 0.136. The van der Waals surface area contributed by atoms with Gasteiger partial charge in [-0.25, -0.2) is 9.78 Å². The van der Waals surface area contributed by atoms with Gasteiger partial charge in [-0.1, -0.05) is 30.3 Å². The van der Waals surface area contributed by atoms with Gasteiger partial charge in [0, 0.05) is 49.3 Å². The standard InChI is InChI=1S/C30H31N5O2/c1-20-31-27-9-7-22(14-28(27)32-20)21-8-10-29-23(13-21)15-33(11-12-37-29)30(36)35-18-24-16-34(17-25(24)19-35)26-5-3-2-4-6-26/h2-10,13-14,24-25H,11-12,15-19H2,1H3,(H,31,32). The first-order valence-electron chi connectivity index (χ1n) is 13.2. The first-order valence-corrected chi connectivity index (χ1v) is 13.2. The topological polar surface area (TPSA) is 64.7 Å².